The smallest absolute Gasteiger partial charge is 0.416 e. The van der Waals surface area contributed by atoms with Crippen LogP contribution in [0.1, 0.15) is 34.8 Å². The van der Waals surface area contributed by atoms with Gasteiger partial charge in [-0.15, -0.1) is 0 Å². The summed E-state index contributed by atoms with van der Waals surface area (Å²) in [6, 6.07) is 0.544. The van der Waals surface area contributed by atoms with Gasteiger partial charge in [-0.05, 0) is 24.1 Å². The molecule has 0 saturated heterocycles. The summed E-state index contributed by atoms with van der Waals surface area (Å²) in [5.41, 5.74) is -4.00. The zero-order valence-corrected chi connectivity index (χ0v) is 12.3. The first-order valence-corrected chi connectivity index (χ1v) is 6.60. The van der Waals surface area contributed by atoms with E-state index in [1.165, 1.54) is 6.92 Å². The summed E-state index contributed by atoms with van der Waals surface area (Å²) in [5, 5.41) is 10.7. The largest absolute Gasteiger partial charge is 0.481 e. The zero-order chi connectivity index (χ0) is 18.7. The maximum Gasteiger partial charge on any atom is 0.416 e. The highest BCUT2D eigenvalue weighted by molar-refractivity contribution is 5.94. The molecule has 0 aliphatic rings. The van der Waals surface area contributed by atoms with Crippen LogP contribution in [0.25, 0.3) is 0 Å². The van der Waals surface area contributed by atoms with E-state index >= 15 is 0 Å². The van der Waals surface area contributed by atoms with Crippen LogP contribution >= 0.6 is 0 Å². The van der Waals surface area contributed by atoms with Crippen molar-refractivity contribution in [2.45, 2.75) is 25.7 Å². The van der Waals surface area contributed by atoms with E-state index in [1.807, 2.05) is 0 Å². The van der Waals surface area contributed by atoms with Crippen molar-refractivity contribution in [1.29, 1.82) is 0 Å². The zero-order valence-electron chi connectivity index (χ0n) is 12.3. The average molecular weight is 357 g/mol. The molecule has 10 heteroatoms. The van der Waals surface area contributed by atoms with Gasteiger partial charge in [0.1, 0.15) is 0 Å². The van der Waals surface area contributed by atoms with Gasteiger partial charge in [0, 0.05) is 18.5 Å². The Balaban J connectivity index is 3.05. The molecule has 0 radical (unpaired) electrons. The molecule has 0 fully saturated rings. The summed E-state index contributed by atoms with van der Waals surface area (Å²) < 4.78 is 76.2. The third-order valence-electron chi connectivity index (χ3n) is 2.98. The predicted octanol–water partition coefficient (Wildman–Crippen LogP) is 3.56. The molecule has 0 saturated carbocycles. The van der Waals surface area contributed by atoms with Crippen molar-refractivity contribution in [2.75, 3.05) is 6.54 Å². The lowest BCUT2D eigenvalue weighted by Gasteiger charge is -2.15. The van der Waals surface area contributed by atoms with Crippen molar-refractivity contribution in [3.8, 4) is 0 Å². The number of hydrogen-bond acceptors (Lipinski definition) is 2. The van der Waals surface area contributed by atoms with Gasteiger partial charge in [-0.1, -0.05) is 6.92 Å². The molecule has 1 unspecified atom stereocenters. The van der Waals surface area contributed by atoms with Gasteiger partial charge in [0.2, 0.25) is 0 Å². The standard InChI is InChI=1S/C14H13F6NO3/c1-7(2-11(22)23)6-21-12(24)8-3-9(13(15,16)17)5-10(4-8)14(18,19)20/h3-5,7H,2,6H2,1H3,(H,21,24)(H,22,23). The van der Waals surface area contributed by atoms with Gasteiger partial charge < -0.3 is 10.4 Å². The van der Waals surface area contributed by atoms with Gasteiger partial charge in [-0.2, -0.15) is 26.3 Å². The minimum atomic E-state index is -5.05. The van der Waals surface area contributed by atoms with Crippen LogP contribution in [0, 0.1) is 5.92 Å². The van der Waals surface area contributed by atoms with E-state index in [4.69, 9.17) is 5.11 Å². The Morgan fingerprint density at radius 2 is 1.50 bits per heavy atom. The molecular formula is C14H13F6NO3. The van der Waals surface area contributed by atoms with Crippen molar-refractivity contribution in [1.82, 2.24) is 5.32 Å². The molecule has 0 aliphatic carbocycles. The summed E-state index contributed by atoms with van der Waals surface area (Å²) in [6.45, 7) is 1.25. The Bertz CT molecular complexity index is 592. The molecule has 1 amide bonds. The third-order valence-corrected chi connectivity index (χ3v) is 2.98. The molecule has 1 rings (SSSR count). The molecule has 0 aliphatic heterocycles. The Labute approximate surface area is 132 Å². The Morgan fingerprint density at radius 1 is 1.04 bits per heavy atom. The molecule has 1 aromatic rings. The van der Waals surface area contributed by atoms with Crippen LogP contribution in [0.2, 0.25) is 0 Å². The van der Waals surface area contributed by atoms with Gasteiger partial charge in [0.15, 0.2) is 0 Å². The minimum Gasteiger partial charge on any atom is -0.481 e. The van der Waals surface area contributed by atoms with Gasteiger partial charge in [0.25, 0.3) is 5.91 Å². The first-order valence-electron chi connectivity index (χ1n) is 6.60. The predicted molar refractivity (Wildman–Crippen MR) is 70.2 cm³/mol. The summed E-state index contributed by atoms with van der Waals surface area (Å²) in [5.74, 6) is -2.83. The molecule has 134 valence electrons. The average Bonchev–Trinajstić information content (AvgIpc) is 2.41. The summed E-state index contributed by atoms with van der Waals surface area (Å²) >= 11 is 0. The number of carbonyl (C=O) groups excluding carboxylic acids is 1. The van der Waals surface area contributed by atoms with Crippen molar-refractivity contribution in [3.05, 3.63) is 34.9 Å². The second kappa shape index (κ2) is 7.10. The Hall–Kier alpha value is -2.26. The third kappa shape index (κ3) is 5.74. The van der Waals surface area contributed by atoms with Crippen molar-refractivity contribution >= 4 is 11.9 Å². The monoisotopic (exact) mass is 357 g/mol. The molecular weight excluding hydrogens is 344 g/mol. The number of carbonyl (C=O) groups is 2. The maximum absolute atomic E-state index is 12.7. The van der Waals surface area contributed by atoms with Crippen LogP contribution in [0.3, 0.4) is 0 Å². The fourth-order valence-electron chi connectivity index (χ4n) is 1.83. The van der Waals surface area contributed by atoms with Gasteiger partial charge in [-0.3, -0.25) is 9.59 Å². The van der Waals surface area contributed by atoms with Crippen LogP contribution in [-0.4, -0.2) is 23.5 Å². The lowest BCUT2D eigenvalue weighted by Crippen LogP contribution is -2.29. The highest BCUT2D eigenvalue weighted by Gasteiger charge is 2.37. The van der Waals surface area contributed by atoms with Crippen molar-refractivity contribution in [2.24, 2.45) is 5.92 Å². The SMILES string of the molecule is CC(CNC(=O)c1cc(C(F)(F)F)cc(C(F)(F)F)c1)CC(=O)O. The van der Waals surface area contributed by atoms with E-state index in [-0.39, 0.29) is 19.0 Å². The van der Waals surface area contributed by atoms with Crippen LogP contribution in [0.5, 0.6) is 0 Å². The van der Waals surface area contributed by atoms with Crippen LogP contribution < -0.4 is 5.32 Å². The summed E-state index contributed by atoms with van der Waals surface area (Å²) in [4.78, 5) is 22.3. The number of benzene rings is 1. The molecule has 0 aromatic heterocycles. The highest BCUT2D eigenvalue weighted by Crippen LogP contribution is 2.36. The van der Waals surface area contributed by atoms with Gasteiger partial charge in [-0.25, -0.2) is 0 Å². The normalized spacial score (nSPS) is 13.5. The van der Waals surface area contributed by atoms with E-state index in [0.717, 1.165) is 0 Å². The number of nitrogens with one attached hydrogen (secondary N) is 1. The van der Waals surface area contributed by atoms with Gasteiger partial charge >= 0.3 is 18.3 Å². The second-order valence-corrected chi connectivity index (χ2v) is 5.21. The van der Waals surface area contributed by atoms with E-state index in [0.29, 0.717) is 12.1 Å². The quantitative estimate of drug-likeness (QED) is 0.792. The number of hydrogen-bond donors (Lipinski definition) is 2. The highest BCUT2D eigenvalue weighted by atomic mass is 19.4. The van der Waals surface area contributed by atoms with E-state index in [9.17, 15) is 35.9 Å². The van der Waals surface area contributed by atoms with E-state index in [1.54, 1.807) is 0 Å². The topological polar surface area (TPSA) is 66.4 Å². The van der Waals surface area contributed by atoms with Crippen molar-refractivity contribution < 1.29 is 41.0 Å². The number of rotatable bonds is 5. The number of amides is 1. The van der Waals surface area contributed by atoms with E-state index < -0.39 is 46.8 Å². The Morgan fingerprint density at radius 3 is 1.88 bits per heavy atom. The van der Waals surface area contributed by atoms with E-state index in [2.05, 4.69) is 5.32 Å². The first-order chi connectivity index (χ1) is 10.8. The molecule has 0 heterocycles. The van der Waals surface area contributed by atoms with Crippen LogP contribution in [0.4, 0.5) is 26.3 Å². The fourth-order valence-corrected chi connectivity index (χ4v) is 1.83. The first kappa shape index (κ1) is 19.8. The molecule has 2 N–H and O–H groups in total. The molecule has 1 atom stereocenters. The molecule has 0 spiro atoms. The molecule has 24 heavy (non-hydrogen) atoms. The summed E-state index contributed by atoms with van der Waals surface area (Å²) in [6.07, 6.45) is -10.4. The number of carboxylic acids is 1. The fraction of sp³-hybridized carbons (Fsp3) is 0.429. The summed E-state index contributed by atoms with van der Waals surface area (Å²) in [7, 11) is 0. The lowest BCUT2D eigenvalue weighted by molar-refractivity contribution is -0.143. The Kier molecular flexibility index (Phi) is 5.85. The number of halogens is 6. The van der Waals surface area contributed by atoms with Gasteiger partial charge in [0.05, 0.1) is 11.1 Å². The minimum absolute atomic E-state index is 0.0795. The lowest BCUT2D eigenvalue weighted by atomic mass is 10.0. The maximum atomic E-state index is 12.7. The van der Waals surface area contributed by atoms with Crippen LogP contribution in [-0.2, 0) is 17.1 Å². The molecule has 1 aromatic carbocycles. The van der Waals surface area contributed by atoms with Crippen LogP contribution in [0.15, 0.2) is 18.2 Å². The number of alkyl halides is 6. The molecule has 0 bridgehead atoms. The number of carboxylic acid groups (broad SMARTS) is 1. The number of aliphatic carboxylic acids is 1. The second-order valence-electron chi connectivity index (χ2n) is 5.21. The molecule has 4 nitrogen and oxygen atoms in total. The van der Waals surface area contributed by atoms with Crippen molar-refractivity contribution in [3.63, 3.8) is 0 Å².